The third kappa shape index (κ3) is 3.51. The van der Waals surface area contributed by atoms with Crippen LogP contribution in [0.5, 0.6) is 0 Å². The number of aromatic nitrogens is 3. The molecular weight excluding hydrogens is 376 g/mol. The maximum atomic E-state index is 12.4. The van der Waals surface area contributed by atoms with Gasteiger partial charge in [0, 0.05) is 41.1 Å². The Balaban J connectivity index is 1.45. The predicted octanol–water partition coefficient (Wildman–Crippen LogP) is 2.97. The molecule has 2 aromatic carbocycles. The number of carbonyl (C=O) groups excluding carboxylic acids is 1. The van der Waals surface area contributed by atoms with Gasteiger partial charge in [0.1, 0.15) is 0 Å². The van der Waals surface area contributed by atoms with E-state index in [1.165, 1.54) is 4.68 Å². The standard InChI is InChI=1S/C21H19ClN4O2/c1-26-21(28)16-5-3-2-4-15(16)19(25-26)11-20(27)23-9-8-13-12-24-18-7-6-14(22)10-17(13)18/h2-7,10,12,24H,8-9,11H2,1H3,(H,23,27). The summed E-state index contributed by atoms with van der Waals surface area (Å²) in [5.41, 5.74) is 2.54. The Morgan fingerprint density at radius 3 is 2.79 bits per heavy atom. The van der Waals surface area contributed by atoms with Crippen molar-refractivity contribution in [3.63, 3.8) is 0 Å². The molecule has 0 atom stereocenters. The number of hydrogen-bond donors (Lipinski definition) is 2. The molecule has 4 rings (SSSR count). The molecule has 4 aromatic rings. The fraction of sp³-hybridized carbons (Fsp3) is 0.190. The van der Waals surface area contributed by atoms with Crippen molar-refractivity contribution in [3.05, 3.63) is 75.3 Å². The number of nitrogens with zero attached hydrogens (tertiary/aromatic N) is 2. The van der Waals surface area contributed by atoms with E-state index in [1.807, 2.05) is 36.5 Å². The summed E-state index contributed by atoms with van der Waals surface area (Å²) in [5, 5.41) is 10.2. The van der Waals surface area contributed by atoms with E-state index in [2.05, 4.69) is 15.4 Å². The number of amides is 1. The summed E-state index contributed by atoms with van der Waals surface area (Å²) in [6.07, 6.45) is 2.75. The van der Waals surface area contributed by atoms with Crippen LogP contribution in [0.25, 0.3) is 21.7 Å². The highest BCUT2D eigenvalue weighted by atomic mass is 35.5. The van der Waals surface area contributed by atoms with E-state index in [-0.39, 0.29) is 17.9 Å². The van der Waals surface area contributed by atoms with Gasteiger partial charge in [-0.15, -0.1) is 0 Å². The molecule has 6 nitrogen and oxygen atoms in total. The topological polar surface area (TPSA) is 79.8 Å². The van der Waals surface area contributed by atoms with Crippen molar-refractivity contribution in [1.29, 1.82) is 0 Å². The molecule has 0 aliphatic heterocycles. The molecule has 0 unspecified atom stereocenters. The summed E-state index contributed by atoms with van der Waals surface area (Å²) in [7, 11) is 1.60. The van der Waals surface area contributed by atoms with E-state index in [4.69, 9.17) is 11.6 Å². The molecular formula is C21H19ClN4O2. The molecule has 1 amide bonds. The van der Waals surface area contributed by atoms with Crippen molar-refractivity contribution in [2.75, 3.05) is 6.54 Å². The van der Waals surface area contributed by atoms with Crippen LogP contribution in [0.15, 0.2) is 53.5 Å². The Morgan fingerprint density at radius 1 is 1.18 bits per heavy atom. The zero-order valence-corrected chi connectivity index (χ0v) is 16.1. The molecule has 0 saturated carbocycles. The minimum atomic E-state index is -0.169. The number of nitrogens with one attached hydrogen (secondary N) is 2. The number of H-pyrrole nitrogens is 1. The highest BCUT2D eigenvalue weighted by Crippen LogP contribution is 2.22. The lowest BCUT2D eigenvalue weighted by atomic mass is 10.1. The summed E-state index contributed by atoms with van der Waals surface area (Å²) in [4.78, 5) is 27.8. The van der Waals surface area contributed by atoms with Gasteiger partial charge < -0.3 is 10.3 Å². The molecule has 2 aromatic heterocycles. The molecule has 0 radical (unpaired) electrons. The molecule has 0 aliphatic rings. The smallest absolute Gasteiger partial charge is 0.274 e. The van der Waals surface area contributed by atoms with Gasteiger partial charge in [0.05, 0.1) is 17.5 Å². The quantitative estimate of drug-likeness (QED) is 0.546. The molecule has 0 bridgehead atoms. The Kier molecular flexibility index (Phi) is 4.88. The highest BCUT2D eigenvalue weighted by Gasteiger charge is 2.12. The van der Waals surface area contributed by atoms with Gasteiger partial charge in [0.15, 0.2) is 0 Å². The van der Waals surface area contributed by atoms with E-state index < -0.39 is 0 Å². The summed E-state index contributed by atoms with van der Waals surface area (Å²) >= 11 is 6.08. The SMILES string of the molecule is Cn1nc(CC(=O)NCCc2c[nH]c3ccc(Cl)cc23)c2ccccc2c1=O. The van der Waals surface area contributed by atoms with Crippen LogP contribution in [0.3, 0.4) is 0 Å². The predicted molar refractivity (Wildman–Crippen MR) is 111 cm³/mol. The van der Waals surface area contributed by atoms with E-state index in [1.54, 1.807) is 19.2 Å². The first kappa shape index (κ1) is 18.3. The number of aryl methyl sites for hydroxylation is 1. The summed E-state index contributed by atoms with van der Waals surface area (Å²) in [6, 6.07) is 12.9. The monoisotopic (exact) mass is 394 g/mol. The van der Waals surface area contributed by atoms with Crippen LogP contribution in [0, 0.1) is 0 Å². The van der Waals surface area contributed by atoms with Crippen LogP contribution >= 0.6 is 11.6 Å². The average Bonchev–Trinajstić information content (AvgIpc) is 3.08. The minimum Gasteiger partial charge on any atom is -0.361 e. The number of benzene rings is 2. The van der Waals surface area contributed by atoms with Crippen molar-refractivity contribution >= 4 is 39.2 Å². The fourth-order valence-electron chi connectivity index (χ4n) is 3.42. The molecule has 2 heterocycles. The second kappa shape index (κ2) is 7.48. The van der Waals surface area contributed by atoms with Crippen molar-refractivity contribution in [2.45, 2.75) is 12.8 Å². The second-order valence-corrected chi connectivity index (χ2v) is 7.14. The summed E-state index contributed by atoms with van der Waals surface area (Å²) < 4.78 is 1.28. The summed E-state index contributed by atoms with van der Waals surface area (Å²) in [6.45, 7) is 0.502. The molecule has 0 spiro atoms. The lowest BCUT2D eigenvalue weighted by Gasteiger charge is -2.09. The van der Waals surface area contributed by atoms with Crippen molar-refractivity contribution in [1.82, 2.24) is 20.1 Å². The van der Waals surface area contributed by atoms with Crippen LogP contribution in [0.1, 0.15) is 11.3 Å². The normalized spacial score (nSPS) is 11.2. The first-order valence-corrected chi connectivity index (χ1v) is 9.38. The maximum Gasteiger partial charge on any atom is 0.274 e. The molecule has 0 saturated heterocycles. The molecule has 2 N–H and O–H groups in total. The first-order chi connectivity index (χ1) is 13.5. The van der Waals surface area contributed by atoms with Crippen LogP contribution < -0.4 is 10.9 Å². The van der Waals surface area contributed by atoms with Crippen LogP contribution in [-0.2, 0) is 24.7 Å². The van der Waals surface area contributed by atoms with Gasteiger partial charge in [0.25, 0.3) is 5.56 Å². The number of halogens is 1. The number of carbonyl (C=O) groups is 1. The van der Waals surface area contributed by atoms with Crippen LogP contribution in [0.4, 0.5) is 0 Å². The maximum absolute atomic E-state index is 12.4. The van der Waals surface area contributed by atoms with Crippen molar-refractivity contribution < 1.29 is 4.79 Å². The number of hydrogen-bond acceptors (Lipinski definition) is 3. The molecule has 142 valence electrons. The fourth-order valence-corrected chi connectivity index (χ4v) is 3.59. The third-order valence-corrected chi connectivity index (χ3v) is 5.04. The lowest BCUT2D eigenvalue weighted by molar-refractivity contribution is -0.120. The van der Waals surface area contributed by atoms with Gasteiger partial charge in [-0.05, 0) is 36.2 Å². The zero-order chi connectivity index (χ0) is 19.7. The molecule has 0 fully saturated rings. The Bertz CT molecular complexity index is 1240. The highest BCUT2D eigenvalue weighted by molar-refractivity contribution is 6.31. The minimum absolute atomic E-state index is 0.119. The number of fused-ring (bicyclic) bond motifs is 2. The molecule has 28 heavy (non-hydrogen) atoms. The first-order valence-electron chi connectivity index (χ1n) is 9.00. The Labute approximate surface area is 166 Å². The van der Waals surface area contributed by atoms with Gasteiger partial charge >= 0.3 is 0 Å². The average molecular weight is 395 g/mol. The molecule has 7 heteroatoms. The number of rotatable bonds is 5. The van der Waals surface area contributed by atoms with Gasteiger partial charge in [-0.1, -0.05) is 29.8 Å². The van der Waals surface area contributed by atoms with E-state index in [9.17, 15) is 9.59 Å². The summed E-state index contributed by atoms with van der Waals surface area (Å²) in [5.74, 6) is -0.130. The number of aromatic amines is 1. The second-order valence-electron chi connectivity index (χ2n) is 6.70. The largest absolute Gasteiger partial charge is 0.361 e. The molecule has 0 aliphatic carbocycles. The zero-order valence-electron chi connectivity index (χ0n) is 15.3. The lowest BCUT2D eigenvalue weighted by Crippen LogP contribution is -2.29. The Morgan fingerprint density at radius 2 is 1.96 bits per heavy atom. The van der Waals surface area contributed by atoms with Gasteiger partial charge in [0.2, 0.25) is 5.91 Å². The van der Waals surface area contributed by atoms with E-state index >= 15 is 0 Å². The van der Waals surface area contributed by atoms with Crippen LogP contribution in [0.2, 0.25) is 5.02 Å². The Hall–Kier alpha value is -3.12. The van der Waals surface area contributed by atoms with Gasteiger partial charge in [-0.25, -0.2) is 4.68 Å². The van der Waals surface area contributed by atoms with Crippen LogP contribution in [-0.4, -0.2) is 27.2 Å². The third-order valence-electron chi connectivity index (χ3n) is 4.81. The van der Waals surface area contributed by atoms with Crippen molar-refractivity contribution in [2.24, 2.45) is 7.05 Å². The van der Waals surface area contributed by atoms with Gasteiger partial charge in [-0.2, -0.15) is 5.10 Å². The van der Waals surface area contributed by atoms with E-state index in [0.717, 1.165) is 16.5 Å². The van der Waals surface area contributed by atoms with Gasteiger partial charge in [-0.3, -0.25) is 9.59 Å². The van der Waals surface area contributed by atoms with Crippen molar-refractivity contribution in [3.8, 4) is 0 Å². The van der Waals surface area contributed by atoms with E-state index in [0.29, 0.717) is 34.5 Å².